The van der Waals surface area contributed by atoms with E-state index in [0.717, 1.165) is 49.9 Å². The number of benzene rings is 1. The molecule has 0 amide bonds. The monoisotopic (exact) mass is 447 g/mol. The fourth-order valence-electron chi connectivity index (χ4n) is 2.85. The molecule has 0 saturated carbocycles. The van der Waals surface area contributed by atoms with Gasteiger partial charge in [0.25, 0.3) is 0 Å². The number of nitrogens with zero attached hydrogens (tertiary/aromatic N) is 2. The van der Waals surface area contributed by atoms with Crippen LogP contribution in [0.3, 0.4) is 0 Å². The lowest BCUT2D eigenvalue weighted by Gasteiger charge is -2.21. The third-order valence-corrected chi connectivity index (χ3v) is 4.03. The molecule has 0 spiro atoms. The van der Waals surface area contributed by atoms with Crippen molar-refractivity contribution in [1.29, 1.82) is 0 Å². The van der Waals surface area contributed by atoms with E-state index in [2.05, 4.69) is 30.1 Å². The van der Waals surface area contributed by atoms with Crippen LogP contribution in [0.25, 0.3) is 0 Å². The normalized spacial score (nSPS) is 17.5. The molecule has 1 fully saturated rings. The lowest BCUT2D eigenvalue weighted by Crippen LogP contribution is -2.40. The zero-order valence-corrected chi connectivity index (χ0v) is 17.3. The quantitative estimate of drug-likeness (QED) is 0.302. The third kappa shape index (κ3) is 6.47. The molecule has 2 rings (SSSR count). The minimum absolute atomic E-state index is 0. The molecule has 1 N–H and O–H groups in total. The number of hydrogen-bond donors (Lipinski definition) is 1. The van der Waals surface area contributed by atoms with Crippen LogP contribution in [-0.4, -0.2) is 57.4 Å². The molecule has 6 heteroatoms. The van der Waals surface area contributed by atoms with Crippen LogP contribution >= 0.6 is 24.0 Å². The zero-order valence-electron chi connectivity index (χ0n) is 15.0. The minimum atomic E-state index is 0. The van der Waals surface area contributed by atoms with Gasteiger partial charge in [-0.1, -0.05) is 18.2 Å². The Morgan fingerprint density at radius 2 is 2.17 bits per heavy atom. The summed E-state index contributed by atoms with van der Waals surface area (Å²) in [6.45, 7) is 9.16. The van der Waals surface area contributed by atoms with Crippen LogP contribution in [0.1, 0.15) is 18.9 Å². The minimum Gasteiger partial charge on any atom is -0.491 e. The standard InChI is InChI=1S/C18H29N3O2.HI/c1-4-19-18(21-11-9-16(13-21)14-22-3)20-10-12-23-17-8-6-5-7-15(17)2;/h5-8,16H,4,9-14H2,1-3H3,(H,19,20);1H. The van der Waals surface area contributed by atoms with Crippen LogP contribution < -0.4 is 10.1 Å². The van der Waals surface area contributed by atoms with E-state index in [-0.39, 0.29) is 24.0 Å². The van der Waals surface area contributed by atoms with E-state index in [1.807, 2.05) is 18.2 Å². The van der Waals surface area contributed by atoms with E-state index in [1.54, 1.807) is 7.11 Å². The Hall–Kier alpha value is -1.02. The number of nitrogens with one attached hydrogen (secondary N) is 1. The number of halogens is 1. The van der Waals surface area contributed by atoms with Gasteiger partial charge in [0.2, 0.25) is 0 Å². The molecule has 0 aromatic heterocycles. The van der Waals surface area contributed by atoms with Gasteiger partial charge >= 0.3 is 0 Å². The second-order valence-corrected chi connectivity index (χ2v) is 5.91. The SMILES string of the molecule is CCNC(=NCCOc1ccccc1C)N1CCC(COC)C1.I. The highest BCUT2D eigenvalue weighted by Crippen LogP contribution is 2.17. The predicted molar refractivity (Wildman–Crippen MR) is 110 cm³/mol. The number of likely N-dealkylation sites (tertiary alicyclic amines) is 1. The summed E-state index contributed by atoms with van der Waals surface area (Å²) >= 11 is 0. The van der Waals surface area contributed by atoms with E-state index >= 15 is 0 Å². The topological polar surface area (TPSA) is 46.1 Å². The maximum atomic E-state index is 5.81. The third-order valence-electron chi connectivity index (χ3n) is 4.03. The van der Waals surface area contributed by atoms with Crippen LogP contribution in [0.15, 0.2) is 29.3 Å². The molecule has 1 atom stereocenters. The second kappa shape index (κ2) is 11.5. The number of aryl methyl sites for hydroxylation is 1. The molecule has 1 aliphatic rings. The van der Waals surface area contributed by atoms with Crippen molar-refractivity contribution in [3.8, 4) is 5.75 Å². The van der Waals surface area contributed by atoms with Gasteiger partial charge in [0.15, 0.2) is 5.96 Å². The Balaban J connectivity index is 0.00000288. The van der Waals surface area contributed by atoms with Gasteiger partial charge in [-0.05, 0) is 31.9 Å². The van der Waals surface area contributed by atoms with Gasteiger partial charge in [-0.2, -0.15) is 0 Å². The molecule has 1 unspecified atom stereocenters. The zero-order chi connectivity index (χ0) is 16.5. The number of rotatable bonds is 7. The van der Waals surface area contributed by atoms with Crippen molar-refractivity contribution in [2.45, 2.75) is 20.3 Å². The summed E-state index contributed by atoms with van der Waals surface area (Å²) < 4.78 is 11.1. The number of para-hydroxylation sites is 1. The molecular formula is C18H30IN3O2. The Kier molecular flexibility index (Phi) is 10.1. The highest BCUT2D eigenvalue weighted by molar-refractivity contribution is 14.0. The number of aliphatic imine (C=N–C) groups is 1. The Morgan fingerprint density at radius 1 is 1.38 bits per heavy atom. The van der Waals surface area contributed by atoms with Gasteiger partial charge in [0.05, 0.1) is 13.2 Å². The summed E-state index contributed by atoms with van der Waals surface area (Å²) in [5.41, 5.74) is 1.16. The summed E-state index contributed by atoms with van der Waals surface area (Å²) in [4.78, 5) is 7.02. The first kappa shape index (κ1) is 21.0. The molecule has 5 nitrogen and oxygen atoms in total. The highest BCUT2D eigenvalue weighted by Gasteiger charge is 2.24. The second-order valence-electron chi connectivity index (χ2n) is 5.91. The number of guanidine groups is 1. The van der Waals surface area contributed by atoms with E-state index in [1.165, 1.54) is 0 Å². The Morgan fingerprint density at radius 3 is 2.88 bits per heavy atom. The lowest BCUT2D eigenvalue weighted by molar-refractivity contribution is 0.157. The first-order valence-electron chi connectivity index (χ1n) is 8.45. The van der Waals surface area contributed by atoms with Gasteiger partial charge in [-0.15, -0.1) is 24.0 Å². The van der Waals surface area contributed by atoms with Crippen molar-refractivity contribution in [1.82, 2.24) is 10.2 Å². The lowest BCUT2D eigenvalue weighted by atomic mass is 10.1. The molecule has 0 radical (unpaired) electrons. The average Bonchev–Trinajstić information content (AvgIpc) is 3.01. The number of methoxy groups -OCH3 is 1. The number of ether oxygens (including phenoxy) is 2. The van der Waals surface area contributed by atoms with Crippen molar-refractivity contribution in [2.24, 2.45) is 10.9 Å². The molecule has 1 aromatic rings. The molecule has 0 aliphatic carbocycles. The largest absolute Gasteiger partial charge is 0.491 e. The van der Waals surface area contributed by atoms with E-state index in [4.69, 9.17) is 14.5 Å². The van der Waals surface area contributed by atoms with Crippen molar-refractivity contribution in [3.63, 3.8) is 0 Å². The first-order chi connectivity index (χ1) is 11.2. The van der Waals surface area contributed by atoms with Gasteiger partial charge in [-0.3, -0.25) is 0 Å². The van der Waals surface area contributed by atoms with Crippen LogP contribution in [0.4, 0.5) is 0 Å². The summed E-state index contributed by atoms with van der Waals surface area (Å²) in [6.07, 6.45) is 1.16. The average molecular weight is 447 g/mol. The maximum Gasteiger partial charge on any atom is 0.194 e. The van der Waals surface area contributed by atoms with Crippen LogP contribution in [0.2, 0.25) is 0 Å². The Labute approximate surface area is 162 Å². The number of hydrogen-bond acceptors (Lipinski definition) is 3. The highest BCUT2D eigenvalue weighted by atomic mass is 127. The summed E-state index contributed by atoms with van der Waals surface area (Å²) in [5.74, 6) is 2.53. The predicted octanol–water partition coefficient (Wildman–Crippen LogP) is 2.93. The molecule has 1 aromatic carbocycles. The van der Waals surface area contributed by atoms with Crippen LogP contribution in [0, 0.1) is 12.8 Å². The van der Waals surface area contributed by atoms with Crippen LogP contribution in [0.5, 0.6) is 5.75 Å². The van der Waals surface area contributed by atoms with E-state index in [0.29, 0.717) is 19.1 Å². The van der Waals surface area contributed by atoms with Crippen molar-refractivity contribution >= 4 is 29.9 Å². The maximum absolute atomic E-state index is 5.81. The molecule has 1 heterocycles. The van der Waals surface area contributed by atoms with Crippen molar-refractivity contribution in [2.75, 3.05) is 46.5 Å². The smallest absolute Gasteiger partial charge is 0.194 e. The van der Waals surface area contributed by atoms with E-state index < -0.39 is 0 Å². The Bertz CT molecular complexity index is 511. The molecule has 0 bridgehead atoms. The summed E-state index contributed by atoms with van der Waals surface area (Å²) in [5, 5.41) is 3.38. The summed E-state index contributed by atoms with van der Waals surface area (Å²) in [6, 6.07) is 8.08. The fourth-order valence-corrected chi connectivity index (χ4v) is 2.85. The molecule has 136 valence electrons. The van der Waals surface area contributed by atoms with Gasteiger partial charge in [0, 0.05) is 32.7 Å². The van der Waals surface area contributed by atoms with Gasteiger partial charge in [0.1, 0.15) is 12.4 Å². The fraction of sp³-hybridized carbons (Fsp3) is 0.611. The summed E-state index contributed by atoms with van der Waals surface area (Å²) in [7, 11) is 1.77. The first-order valence-corrected chi connectivity index (χ1v) is 8.45. The molecular weight excluding hydrogens is 417 g/mol. The van der Waals surface area contributed by atoms with Gasteiger partial charge in [-0.25, -0.2) is 4.99 Å². The van der Waals surface area contributed by atoms with E-state index in [9.17, 15) is 0 Å². The van der Waals surface area contributed by atoms with Crippen molar-refractivity contribution in [3.05, 3.63) is 29.8 Å². The van der Waals surface area contributed by atoms with Crippen molar-refractivity contribution < 1.29 is 9.47 Å². The molecule has 1 saturated heterocycles. The molecule has 24 heavy (non-hydrogen) atoms. The molecule has 1 aliphatic heterocycles. The van der Waals surface area contributed by atoms with Crippen LogP contribution in [-0.2, 0) is 4.74 Å². The van der Waals surface area contributed by atoms with Gasteiger partial charge < -0.3 is 19.7 Å².